The monoisotopic (exact) mass is 358 g/mol. The molecule has 4 amide bonds. The number of urea groups is 1. The second kappa shape index (κ2) is 7.76. The highest BCUT2D eigenvalue weighted by Crippen LogP contribution is 2.27. The summed E-state index contributed by atoms with van der Waals surface area (Å²) in [5.74, 6) is -0.354. The molecule has 1 fully saturated rings. The summed E-state index contributed by atoms with van der Waals surface area (Å²) in [6, 6.07) is 6.00. The van der Waals surface area contributed by atoms with E-state index in [1.807, 2.05) is 38.1 Å². The van der Waals surface area contributed by atoms with Crippen LogP contribution >= 0.6 is 0 Å². The predicted molar refractivity (Wildman–Crippen MR) is 98.4 cm³/mol. The highest BCUT2D eigenvalue weighted by molar-refractivity contribution is 5.99. The molecule has 0 radical (unpaired) electrons. The standard InChI is InChI=1S/C19H26N4O3/c1-3-12(2)16-18(25)21-14-8-5-4-7-13(14)11-23(16)19(26)22-15-9-6-10-20-17(15)24/h4-5,7-8,12,15-16H,3,6,9-11H2,1-2H3,(H,20,24)(H,21,25)(H,22,26)/t12-,15+,16-/m0/s1. The van der Waals surface area contributed by atoms with E-state index in [0.717, 1.165) is 24.1 Å². The van der Waals surface area contributed by atoms with Crippen molar-refractivity contribution < 1.29 is 14.4 Å². The molecule has 1 saturated heterocycles. The molecule has 0 aliphatic carbocycles. The van der Waals surface area contributed by atoms with Gasteiger partial charge in [-0.3, -0.25) is 9.59 Å². The largest absolute Gasteiger partial charge is 0.354 e. The van der Waals surface area contributed by atoms with Crippen LogP contribution in [0.1, 0.15) is 38.7 Å². The molecule has 0 spiro atoms. The summed E-state index contributed by atoms with van der Waals surface area (Å²) >= 11 is 0. The minimum absolute atomic E-state index is 0.00440. The van der Waals surface area contributed by atoms with Crippen LogP contribution in [0.25, 0.3) is 0 Å². The molecule has 0 bridgehead atoms. The minimum atomic E-state index is -0.584. The zero-order chi connectivity index (χ0) is 18.7. The molecule has 26 heavy (non-hydrogen) atoms. The summed E-state index contributed by atoms with van der Waals surface area (Å²) in [6.07, 6.45) is 2.21. The number of hydrogen-bond acceptors (Lipinski definition) is 3. The van der Waals surface area contributed by atoms with Crippen LogP contribution in [0.5, 0.6) is 0 Å². The van der Waals surface area contributed by atoms with Gasteiger partial charge in [-0.25, -0.2) is 4.79 Å². The average Bonchev–Trinajstić information content (AvgIpc) is 2.78. The fourth-order valence-electron chi connectivity index (χ4n) is 3.54. The first-order chi connectivity index (χ1) is 12.5. The summed E-state index contributed by atoms with van der Waals surface area (Å²) < 4.78 is 0. The van der Waals surface area contributed by atoms with E-state index in [0.29, 0.717) is 19.5 Å². The third-order valence-electron chi connectivity index (χ3n) is 5.25. The van der Waals surface area contributed by atoms with Gasteiger partial charge in [0.25, 0.3) is 0 Å². The molecule has 2 aliphatic heterocycles. The predicted octanol–water partition coefficient (Wildman–Crippen LogP) is 1.84. The number of carbonyl (C=O) groups is 3. The number of piperidine rings is 1. The number of para-hydroxylation sites is 1. The van der Waals surface area contributed by atoms with Crippen molar-refractivity contribution in [2.45, 2.75) is 51.7 Å². The number of hydrogen-bond donors (Lipinski definition) is 3. The SMILES string of the molecule is CC[C@H](C)[C@H]1C(=O)Nc2ccccc2CN1C(=O)N[C@@H]1CCCNC1=O. The number of nitrogens with zero attached hydrogens (tertiary/aromatic N) is 1. The number of fused-ring (bicyclic) bond motifs is 1. The Labute approximate surface area is 153 Å². The number of rotatable bonds is 3. The number of anilines is 1. The lowest BCUT2D eigenvalue weighted by Crippen LogP contribution is -2.57. The van der Waals surface area contributed by atoms with Gasteiger partial charge >= 0.3 is 6.03 Å². The van der Waals surface area contributed by atoms with E-state index in [-0.39, 0.29) is 23.8 Å². The van der Waals surface area contributed by atoms with Crippen LogP contribution in [0.15, 0.2) is 24.3 Å². The Morgan fingerprint density at radius 3 is 2.81 bits per heavy atom. The van der Waals surface area contributed by atoms with E-state index in [9.17, 15) is 14.4 Å². The highest BCUT2D eigenvalue weighted by atomic mass is 16.2. The molecular formula is C19H26N4O3. The van der Waals surface area contributed by atoms with E-state index in [2.05, 4.69) is 16.0 Å². The molecule has 7 nitrogen and oxygen atoms in total. The summed E-state index contributed by atoms with van der Waals surface area (Å²) in [6.45, 7) is 4.93. The van der Waals surface area contributed by atoms with Crippen LogP contribution in [0, 0.1) is 5.92 Å². The van der Waals surface area contributed by atoms with Crippen molar-refractivity contribution in [3.05, 3.63) is 29.8 Å². The molecule has 140 valence electrons. The van der Waals surface area contributed by atoms with E-state index in [1.165, 1.54) is 0 Å². The average molecular weight is 358 g/mol. The molecule has 2 aliphatic rings. The second-order valence-corrected chi connectivity index (χ2v) is 7.04. The van der Waals surface area contributed by atoms with E-state index < -0.39 is 12.1 Å². The Bertz CT molecular complexity index is 706. The van der Waals surface area contributed by atoms with Crippen LogP contribution in [0.4, 0.5) is 10.5 Å². The van der Waals surface area contributed by atoms with Crippen LogP contribution < -0.4 is 16.0 Å². The Morgan fingerprint density at radius 2 is 2.08 bits per heavy atom. The summed E-state index contributed by atoms with van der Waals surface area (Å²) in [7, 11) is 0. The zero-order valence-corrected chi connectivity index (χ0v) is 15.2. The van der Waals surface area contributed by atoms with Gasteiger partial charge < -0.3 is 20.9 Å². The van der Waals surface area contributed by atoms with Gasteiger partial charge in [-0.2, -0.15) is 0 Å². The Balaban J connectivity index is 1.87. The topological polar surface area (TPSA) is 90.5 Å². The number of nitrogens with one attached hydrogen (secondary N) is 3. The normalized spacial score (nSPS) is 24.0. The van der Waals surface area contributed by atoms with Crippen molar-refractivity contribution in [1.82, 2.24) is 15.5 Å². The minimum Gasteiger partial charge on any atom is -0.354 e. The summed E-state index contributed by atoms with van der Waals surface area (Å²) in [5.41, 5.74) is 1.62. The smallest absolute Gasteiger partial charge is 0.319 e. The van der Waals surface area contributed by atoms with Gasteiger partial charge in [0.2, 0.25) is 11.8 Å². The van der Waals surface area contributed by atoms with Gasteiger partial charge in [-0.15, -0.1) is 0 Å². The molecule has 2 heterocycles. The highest BCUT2D eigenvalue weighted by Gasteiger charge is 2.38. The number of benzene rings is 1. The molecule has 0 unspecified atom stereocenters. The van der Waals surface area contributed by atoms with Gasteiger partial charge in [0.15, 0.2) is 0 Å². The maximum atomic E-state index is 13.0. The third kappa shape index (κ3) is 3.66. The van der Waals surface area contributed by atoms with Gasteiger partial charge in [-0.1, -0.05) is 38.5 Å². The Hall–Kier alpha value is -2.57. The molecule has 1 aromatic carbocycles. The van der Waals surface area contributed by atoms with Crippen molar-refractivity contribution in [3.63, 3.8) is 0 Å². The van der Waals surface area contributed by atoms with Crippen molar-refractivity contribution in [2.24, 2.45) is 5.92 Å². The lowest BCUT2D eigenvalue weighted by molar-refractivity contribution is -0.124. The summed E-state index contributed by atoms with van der Waals surface area (Å²) in [5, 5.41) is 8.54. The first-order valence-electron chi connectivity index (χ1n) is 9.25. The van der Waals surface area contributed by atoms with Gasteiger partial charge in [0.05, 0.1) is 6.54 Å². The van der Waals surface area contributed by atoms with E-state index in [4.69, 9.17) is 0 Å². The molecule has 7 heteroatoms. The van der Waals surface area contributed by atoms with Crippen LogP contribution in [0.3, 0.4) is 0 Å². The zero-order valence-electron chi connectivity index (χ0n) is 15.2. The first-order valence-corrected chi connectivity index (χ1v) is 9.25. The molecule has 3 N–H and O–H groups in total. The molecule has 0 aromatic heterocycles. The molecule has 1 aromatic rings. The lowest BCUT2D eigenvalue weighted by atomic mass is 9.97. The van der Waals surface area contributed by atoms with Crippen molar-refractivity contribution in [2.75, 3.05) is 11.9 Å². The number of amides is 4. The quantitative estimate of drug-likeness (QED) is 0.770. The van der Waals surface area contributed by atoms with Crippen LogP contribution in [-0.2, 0) is 16.1 Å². The maximum absolute atomic E-state index is 13.0. The number of carbonyl (C=O) groups excluding carboxylic acids is 3. The first kappa shape index (κ1) is 18.2. The van der Waals surface area contributed by atoms with Crippen LogP contribution in [0.2, 0.25) is 0 Å². The lowest BCUT2D eigenvalue weighted by Gasteiger charge is -2.34. The van der Waals surface area contributed by atoms with Crippen molar-refractivity contribution in [3.8, 4) is 0 Å². The summed E-state index contributed by atoms with van der Waals surface area (Å²) in [4.78, 5) is 39.4. The Kier molecular flexibility index (Phi) is 5.44. The molecule has 3 rings (SSSR count). The van der Waals surface area contributed by atoms with Crippen molar-refractivity contribution >= 4 is 23.5 Å². The third-order valence-corrected chi connectivity index (χ3v) is 5.25. The Morgan fingerprint density at radius 1 is 1.31 bits per heavy atom. The van der Waals surface area contributed by atoms with Gasteiger partial charge in [0.1, 0.15) is 12.1 Å². The van der Waals surface area contributed by atoms with Crippen LogP contribution in [-0.4, -0.2) is 41.4 Å². The van der Waals surface area contributed by atoms with E-state index >= 15 is 0 Å². The fraction of sp³-hybridized carbons (Fsp3) is 0.526. The maximum Gasteiger partial charge on any atom is 0.319 e. The second-order valence-electron chi connectivity index (χ2n) is 7.04. The fourth-order valence-corrected chi connectivity index (χ4v) is 3.54. The molecule has 3 atom stereocenters. The van der Waals surface area contributed by atoms with Gasteiger partial charge in [0, 0.05) is 12.2 Å². The van der Waals surface area contributed by atoms with E-state index in [1.54, 1.807) is 4.90 Å². The molecular weight excluding hydrogens is 332 g/mol. The molecule has 0 saturated carbocycles. The van der Waals surface area contributed by atoms with Gasteiger partial charge in [-0.05, 0) is 30.4 Å². The van der Waals surface area contributed by atoms with Crippen molar-refractivity contribution in [1.29, 1.82) is 0 Å².